The van der Waals surface area contributed by atoms with Crippen LogP contribution < -0.4 is 11.2 Å². The molecule has 0 aliphatic rings. The number of hydrogen-bond donors (Lipinski definition) is 0. The highest BCUT2D eigenvalue weighted by Crippen LogP contribution is 2.18. The van der Waals surface area contributed by atoms with Crippen LogP contribution in [0.4, 0.5) is 0 Å². The van der Waals surface area contributed by atoms with E-state index in [1.165, 1.54) is 10.6 Å². The Hall–Kier alpha value is -1.18. The molecule has 0 aliphatic carbocycles. The average Bonchev–Trinajstić information content (AvgIpc) is 2.63. The third kappa shape index (κ3) is 7.75. The van der Waals surface area contributed by atoms with E-state index in [0.29, 0.717) is 19.8 Å². The fourth-order valence-corrected chi connectivity index (χ4v) is 5.80. The Morgan fingerprint density at radius 1 is 1.00 bits per heavy atom. The van der Waals surface area contributed by atoms with Crippen LogP contribution in [0.1, 0.15) is 72.3 Å². The van der Waals surface area contributed by atoms with Crippen molar-refractivity contribution < 1.29 is 8.85 Å². The van der Waals surface area contributed by atoms with Crippen molar-refractivity contribution in [2.75, 3.05) is 13.2 Å². The van der Waals surface area contributed by atoms with Crippen molar-refractivity contribution >= 4 is 8.56 Å². The van der Waals surface area contributed by atoms with Gasteiger partial charge in [-0.2, -0.15) is 0 Å². The Kier molecular flexibility index (Phi) is 10.9. The number of unbranched alkanes of at least 4 members (excludes halogenated alkanes) is 4. The van der Waals surface area contributed by atoms with Gasteiger partial charge in [0, 0.05) is 38.1 Å². The summed E-state index contributed by atoms with van der Waals surface area (Å²) in [5, 5.41) is 0. The SMILES string of the molecule is CCO[Si](C)(CCCCCCCn1c(=O)ccn(C(C)CC)c1=O)OCC. The van der Waals surface area contributed by atoms with E-state index in [1.54, 1.807) is 10.8 Å². The zero-order valence-corrected chi connectivity index (χ0v) is 18.8. The van der Waals surface area contributed by atoms with Gasteiger partial charge in [-0.05, 0) is 46.2 Å². The highest BCUT2D eigenvalue weighted by molar-refractivity contribution is 6.66. The smallest absolute Gasteiger partial charge is 0.334 e. The molecule has 1 aromatic heterocycles. The largest absolute Gasteiger partial charge is 0.395 e. The maximum absolute atomic E-state index is 12.5. The molecule has 6 nitrogen and oxygen atoms in total. The van der Waals surface area contributed by atoms with Gasteiger partial charge in [-0.1, -0.05) is 32.6 Å². The van der Waals surface area contributed by atoms with E-state index in [2.05, 4.69) is 6.55 Å². The van der Waals surface area contributed by atoms with Crippen LogP contribution in [0.2, 0.25) is 12.6 Å². The minimum absolute atomic E-state index is 0.110. The average molecular weight is 399 g/mol. The van der Waals surface area contributed by atoms with Crippen molar-refractivity contribution in [2.24, 2.45) is 0 Å². The first-order valence-corrected chi connectivity index (χ1v) is 13.0. The molecule has 27 heavy (non-hydrogen) atoms. The number of aromatic nitrogens is 2. The van der Waals surface area contributed by atoms with Gasteiger partial charge < -0.3 is 8.85 Å². The molecule has 0 saturated carbocycles. The van der Waals surface area contributed by atoms with E-state index >= 15 is 0 Å². The van der Waals surface area contributed by atoms with Crippen molar-refractivity contribution in [1.82, 2.24) is 9.13 Å². The Labute approximate surface area is 164 Å². The molecule has 0 fully saturated rings. The van der Waals surface area contributed by atoms with Crippen LogP contribution in [0.5, 0.6) is 0 Å². The second-order valence-corrected chi connectivity index (χ2v) is 10.6. The lowest BCUT2D eigenvalue weighted by Crippen LogP contribution is -2.40. The van der Waals surface area contributed by atoms with Gasteiger partial charge in [-0.25, -0.2) is 4.79 Å². The van der Waals surface area contributed by atoms with Crippen LogP contribution in [0, 0.1) is 0 Å². The minimum atomic E-state index is -2.00. The zero-order valence-electron chi connectivity index (χ0n) is 17.8. The van der Waals surface area contributed by atoms with E-state index in [0.717, 1.165) is 44.6 Å². The lowest BCUT2D eigenvalue weighted by Gasteiger charge is -2.25. The van der Waals surface area contributed by atoms with Gasteiger partial charge in [0.25, 0.3) is 5.56 Å². The maximum atomic E-state index is 12.5. The Bertz CT molecular complexity index is 650. The van der Waals surface area contributed by atoms with Gasteiger partial charge in [-0.3, -0.25) is 13.9 Å². The van der Waals surface area contributed by atoms with Gasteiger partial charge >= 0.3 is 14.3 Å². The fraction of sp³-hybridized carbons (Fsp3) is 0.800. The van der Waals surface area contributed by atoms with Crippen LogP contribution in [0.15, 0.2) is 21.9 Å². The summed E-state index contributed by atoms with van der Waals surface area (Å²) in [7, 11) is -2.00. The molecule has 7 heteroatoms. The quantitative estimate of drug-likeness (QED) is 0.350. The molecule has 0 radical (unpaired) electrons. The Balaban J connectivity index is 2.41. The van der Waals surface area contributed by atoms with Crippen LogP contribution in [0.3, 0.4) is 0 Å². The number of nitrogens with zero attached hydrogens (tertiary/aromatic N) is 2. The monoisotopic (exact) mass is 398 g/mol. The Morgan fingerprint density at radius 2 is 1.59 bits per heavy atom. The highest BCUT2D eigenvalue weighted by atomic mass is 28.4. The molecule has 1 aromatic rings. The summed E-state index contributed by atoms with van der Waals surface area (Å²) < 4.78 is 14.8. The lowest BCUT2D eigenvalue weighted by molar-refractivity contribution is 0.188. The van der Waals surface area contributed by atoms with Crippen LogP contribution in [-0.2, 0) is 15.4 Å². The summed E-state index contributed by atoms with van der Waals surface area (Å²) in [4.78, 5) is 24.5. The maximum Gasteiger partial charge on any atom is 0.334 e. The standard InChI is InChI=1S/C20H38N2O4Si/c1-6-18(4)21-16-14-19(23)22(20(21)24)15-12-10-9-11-13-17-27(5,25-7-2)26-8-3/h14,16,18H,6-13,15,17H2,1-5H3. The highest BCUT2D eigenvalue weighted by Gasteiger charge is 2.29. The summed E-state index contributed by atoms with van der Waals surface area (Å²) in [6.07, 6.45) is 7.69. The summed E-state index contributed by atoms with van der Waals surface area (Å²) in [5.41, 5.74) is -0.387. The van der Waals surface area contributed by atoms with Gasteiger partial charge in [0.1, 0.15) is 0 Å². The summed E-state index contributed by atoms with van der Waals surface area (Å²) in [6, 6.07) is 2.63. The summed E-state index contributed by atoms with van der Waals surface area (Å²) in [5.74, 6) is 0. The van der Waals surface area contributed by atoms with Crippen molar-refractivity contribution in [3.63, 3.8) is 0 Å². The van der Waals surface area contributed by atoms with Crippen molar-refractivity contribution in [2.45, 2.75) is 91.4 Å². The molecule has 1 heterocycles. The van der Waals surface area contributed by atoms with E-state index < -0.39 is 8.56 Å². The molecule has 0 saturated heterocycles. The van der Waals surface area contributed by atoms with E-state index in [9.17, 15) is 9.59 Å². The molecule has 1 unspecified atom stereocenters. The molecule has 156 valence electrons. The van der Waals surface area contributed by atoms with E-state index in [4.69, 9.17) is 8.85 Å². The zero-order chi connectivity index (χ0) is 20.3. The molecular formula is C20H38N2O4Si. The molecule has 0 bridgehead atoms. The fourth-order valence-electron chi connectivity index (χ4n) is 3.31. The second kappa shape index (κ2) is 12.3. The van der Waals surface area contributed by atoms with Crippen molar-refractivity contribution in [3.05, 3.63) is 33.1 Å². The van der Waals surface area contributed by atoms with Gasteiger partial charge in [0.05, 0.1) is 0 Å². The van der Waals surface area contributed by atoms with E-state index in [1.807, 2.05) is 27.7 Å². The predicted octanol–water partition coefficient (Wildman–Crippen LogP) is 4.08. The van der Waals surface area contributed by atoms with Crippen molar-refractivity contribution in [1.29, 1.82) is 0 Å². The minimum Gasteiger partial charge on any atom is -0.395 e. The number of rotatable bonds is 14. The molecular weight excluding hydrogens is 360 g/mol. The molecule has 1 atom stereocenters. The molecule has 1 rings (SSSR count). The van der Waals surface area contributed by atoms with Crippen LogP contribution in [-0.4, -0.2) is 30.9 Å². The third-order valence-corrected chi connectivity index (χ3v) is 8.13. The normalized spacial score (nSPS) is 13.1. The van der Waals surface area contributed by atoms with Gasteiger partial charge in [0.2, 0.25) is 0 Å². The predicted molar refractivity (Wildman–Crippen MR) is 113 cm³/mol. The van der Waals surface area contributed by atoms with Crippen LogP contribution >= 0.6 is 0 Å². The topological polar surface area (TPSA) is 62.5 Å². The first kappa shape index (κ1) is 23.9. The number of hydrogen-bond acceptors (Lipinski definition) is 4. The molecule has 0 spiro atoms. The first-order valence-electron chi connectivity index (χ1n) is 10.5. The second-order valence-electron chi connectivity index (χ2n) is 7.27. The first-order chi connectivity index (χ1) is 12.9. The Morgan fingerprint density at radius 3 is 2.19 bits per heavy atom. The van der Waals surface area contributed by atoms with Crippen LogP contribution in [0.25, 0.3) is 0 Å². The molecule has 0 amide bonds. The van der Waals surface area contributed by atoms with Gasteiger partial charge in [0.15, 0.2) is 0 Å². The summed E-state index contributed by atoms with van der Waals surface area (Å²) >= 11 is 0. The van der Waals surface area contributed by atoms with Gasteiger partial charge in [-0.15, -0.1) is 0 Å². The van der Waals surface area contributed by atoms with Crippen molar-refractivity contribution in [3.8, 4) is 0 Å². The molecule has 0 aromatic carbocycles. The lowest BCUT2D eigenvalue weighted by atomic mass is 10.1. The van der Waals surface area contributed by atoms with E-state index in [-0.39, 0.29) is 17.3 Å². The molecule has 0 N–H and O–H groups in total. The molecule has 0 aliphatic heterocycles. The summed E-state index contributed by atoms with van der Waals surface area (Å²) in [6.45, 7) is 12.1. The third-order valence-electron chi connectivity index (χ3n) is 5.07.